The Balaban J connectivity index is 1.01. The van der Waals surface area contributed by atoms with Crippen molar-refractivity contribution in [2.24, 2.45) is 5.92 Å². The van der Waals surface area contributed by atoms with Crippen molar-refractivity contribution < 1.29 is 37.1 Å². The maximum Gasteiger partial charge on any atom is 0.417 e. The van der Waals surface area contributed by atoms with Crippen molar-refractivity contribution in [1.29, 1.82) is 5.26 Å². The zero-order chi connectivity index (χ0) is 41.9. The minimum Gasteiger partial charge on any atom is -0.493 e. The van der Waals surface area contributed by atoms with Crippen LogP contribution in [0.3, 0.4) is 0 Å². The summed E-state index contributed by atoms with van der Waals surface area (Å²) in [5.41, 5.74) is -0.216. The summed E-state index contributed by atoms with van der Waals surface area (Å²) < 4.78 is 47.6. The molecule has 16 heteroatoms. The molecule has 0 aromatic heterocycles. The first-order valence-corrected chi connectivity index (χ1v) is 19.7. The molecule has 3 saturated heterocycles. The summed E-state index contributed by atoms with van der Waals surface area (Å²) in [6.45, 7) is 8.90. The van der Waals surface area contributed by atoms with E-state index < -0.39 is 34.8 Å². The Morgan fingerprint density at radius 3 is 2.48 bits per heavy atom. The summed E-state index contributed by atoms with van der Waals surface area (Å²) in [4.78, 5) is 55.2. The Bertz CT molecular complexity index is 2160. The number of nitrogens with zero attached hydrogens (tertiary/aromatic N) is 4. The highest BCUT2D eigenvalue weighted by Gasteiger charge is 2.51. The number of amides is 4. The highest BCUT2D eigenvalue weighted by atomic mass is 32.1. The molecule has 3 aromatic rings. The molecule has 1 unspecified atom stereocenters. The van der Waals surface area contributed by atoms with Gasteiger partial charge in [0.2, 0.25) is 17.7 Å². The molecule has 306 valence electrons. The van der Waals surface area contributed by atoms with E-state index >= 15 is 0 Å². The Labute approximate surface area is 340 Å². The number of piperidine rings is 2. The van der Waals surface area contributed by atoms with E-state index in [1.807, 2.05) is 19.1 Å². The van der Waals surface area contributed by atoms with Crippen molar-refractivity contribution >= 4 is 63.7 Å². The van der Waals surface area contributed by atoms with Gasteiger partial charge in [0, 0.05) is 29.5 Å². The zero-order valence-electron chi connectivity index (χ0n) is 32.7. The topological polar surface area (TPSA) is 147 Å². The van der Waals surface area contributed by atoms with Gasteiger partial charge in [-0.25, -0.2) is 0 Å². The molecule has 3 N–H and O–H groups in total. The van der Waals surface area contributed by atoms with E-state index in [2.05, 4.69) is 27.8 Å². The molecule has 0 bridgehead atoms. The Hall–Kier alpha value is -5.53. The second kappa shape index (κ2) is 17.1. The van der Waals surface area contributed by atoms with Crippen molar-refractivity contribution in [3.05, 3.63) is 77.4 Å². The number of likely N-dealkylation sites (tertiary alicyclic amines) is 1. The smallest absolute Gasteiger partial charge is 0.417 e. The van der Waals surface area contributed by atoms with Crippen molar-refractivity contribution in [1.82, 2.24) is 10.2 Å². The molecule has 0 spiro atoms. The van der Waals surface area contributed by atoms with Crippen LogP contribution in [0.4, 0.5) is 35.9 Å². The van der Waals surface area contributed by atoms with Crippen molar-refractivity contribution in [3.63, 3.8) is 0 Å². The highest BCUT2D eigenvalue weighted by Crippen LogP contribution is 2.41. The van der Waals surface area contributed by atoms with E-state index in [9.17, 15) is 37.6 Å². The van der Waals surface area contributed by atoms with Crippen molar-refractivity contribution in [2.75, 3.05) is 40.1 Å². The summed E-state index contributed by atoms with van der Waals surface area (Å²) >= 11 is 5.72. The molecule has 12 nitrogen and oxygen atoms in total. The number of halogens is 3. The summed E-state index contributed by atoms with van der Waals surface area (Å²) in [5, 5.41) is 17.7. The number of carbonyl (C=O) groups is 4. The van der Waals surface area contributed by atoms with Crippen LogP contribution in [-0.2, 0) is 31.8 Å². The number of nitriles is 1. The number of rotatable bonds is 12. The number of benzene rings is 3. The third-order valence-corrected chi connectivity index (χ3v) is 11.4. The van der Waals surface area contributed by atoms with Gasteiger partial charge in [0.15, 0.2) is 5.11 Å². The first-order chi connectivity index (χ1) is 27.5. The lowest BCUT2D eigenvalue weighted by Gasteiger charge is -2.37. The number of aryl methyl sites for hydroxylation is 1. The standard InChI is InChI=1S/C42H46F3N7O5S/c1-5-27-20-32(52-40(58)51(39(56)41(52,3)4)31-10-9-28(23-46)33(22-31)42(43,44)45)11-13-35(27)57-18-16-26-15-17-50(25(2)19-26)24-37(54)48-30-8-6-7-29(21-30)47-34-12-14-36(53)49-38(34)55/h6-11,13,20-22,25-26,34,47H,5,12,14-19,24H2,1-4H3,(H,48,54)(H,49,53,55)/t25-,26-,34?/m1/s1. The predicted molar refractivity (Wildman–Crippen MR) is 217 cm³/mol. The molecule has 0 radical (unpaired) electrons. The van der Waals surface area contributed by atoms with Crippen LogP contribution in [0, 0.1) is 17.2 Å². The number of hydrogen-bond acceptors (Lipinski definition) is 9. The van der Waals surface area contributed by atoms with Crippen molar-refractivity contribution in [2.45, 2.75) is 90.0 Å². The Kier molecular flexibility index (Phi) is 12.4. The number of ether oxygens (including phenoxy) is 1. The molecule has 0 aliphatic carbocycles. The number of thiocarbonyl (C=S) groups is 1. The number of nitrogens with one attached hydrogen (secondary N) is 3. The maximum absolute atomic E-state index is 13.8. The second-order valence-corrected chi connectivity index (χ2v) is 15.8. The molecule has 4 amide bonds. The average molecular weight is 818 g/mol. The van der Waals surface area contributed by atoms with Crippen molar-refractivity contribution in [3.8, 4) is 11.8 Å². The predicted octanol–water partition coefficient (Wildman–Crippen LogP) is 6.78. The Morgan fingerprint density at radius 1 is 1.05 bits per heavy atom. The van der Waals surface area contributed by atoms with E-state index in [0.29, 0.717) is 48.2 Å². The molecular weight excluding hydrogens is 772 g/mol. The van der Waals surface area contributed by atoms with Gasteiger partial charge >= 0.3 is 6.18 Å². The van der Waals surface area contributed by atoms with Crippen LogP contribution < -0.4 is 30.5 Å². The third kappa shape index (κ3) is 9.11. The molecule has 0 saturated carbocycles. The number of carbonyl (C=O) groups excluding carboxylic acids is 4. The normalized spacial score (nSPS) is 21.1. The largest absolute Gasteiger partial charge is 0.493 e. The van der Waals surface area contributed by atoms with Gasteiger partial charge < -0.3 is 20.3 Å². The molecular formula is C42H46F3N7O5S. The summed E-state index contributed by atoms with van der Waals surface area (Å²) in [6.07, 6.45) is -0.887. The van der Waals surface area contributed by atoms with Gasteiger partial charge in [-0.3, -0.25) is 34.3 Å². The van der Waals surface area contributed by atoms with E-state index in [0.717, 1.165) is 48.4 Å². The highest BCUT2D eigenvalue weighted by molar-refractivity contribution is 7.81. The summed E-state index contributed by atoms with van der Waals surface area (Å²) in [5.74, 6) is -0.193. The fraction of sp³-hybridized carbons (Fsp3) is 0.429. The first kappa shape index (κ1) is 42.1. The second-order valence-electron chi connectivity index (χ2n) is 15.4. The SMILES string of the molecule is CCc1cc(N2C(=S)N(c3ccc(C#N)c(C(F)(F)F)c3)C(=O)C2(C)C)ccc1OCC[C@H]1CCN(CC(=O)Nc2cccc(NC3CCC(=O)NC3=O)c2)[C@H](C)C1. The van der Waals surface area contributed by atoms with E-state index in [1.54, 1.807) is 55.1 Å². The number of anilines is 4. The quantitative estimate of drug-likeness (QED) is 0.132. The first-order valence-electron chi connectivity index (χ1n) is 19.3. The molecule has 3 atom stereocenters. The van der Waals surface area contributed by atoms with Crippen LogP contribution in [0.1, 0.15) is 76.5 Å². The fourth-order valence-electron chi connectivity index (χ4n) is 7.84. The number of imide groups is 1. The lowest BCUT2D eigenvalue weighted by molar-refractivity contribution is -0.138. The van der Waals surface area contributed by atoms with Gasteiger partial charge in [0.25, 0.3) is 5.91 Å². The maximum atomic E-state index is 13.8. The number of alkyl halides is 3. The van der Waals surface area contributed by atoms with Gasteiger partial charge in [0.1, 0.15) is 17.3 Å². The van der Waals surface area contributed by atoms with Gasteiger partial charge in [-0.2, -0.15) is 18.4 Å². The minimum absolute atomic E-state index is 0.0232. The molecule has 3 heterocycles. The van der Waals surface area contributed by atoms with Gasteiger partial charge in [-0.1, -0.05) is 13.0 Å². The lowest BCUT2D eigenvalue weighted by atomic mass is 9.89. The minimum atomic E-state index is -4.79. The molecule has 3 aliphatic rings. The van der Waals surface area contributed by atoms with Crippen LogP contribution in [-0.4, -0.2) is 71.0 Å². The Morgan fingerprint density at radius 2 is 1.79 bits per heavy atom. The monoisotopic (exact) mass is 817 g/mol. The average Bonchev–Trinajstić information content (AvgIpc) is 3.35. The lowest BCUT2D eigenvalue weighted by Crippen LogP contribution is -2.47. The van der Waals surface area contributed by atoms with E-state index in [4.69, 9.17) is 17.0 Å². The zero-order valence-corrected chi connectivity index (χ0v) is 33.6. The molecule has 3 fully saturated rings. The van der Waals surface area contributed by atoms with Gasteiger partial charge in [-0.15, -0.1) is 0 Å². The third-order valence-electron chi connectivity index (χ3n) is 11.0. The van der Waals surface area contributed by atoms with Crippen LogP contribution in [0.15, 0.2) is 60.7 Å². The van der Waals surface area contributed by atoms with Crippen LogP contribution >= 0.6 is 12.2 Å². The van der Waals surface area contributed by atoms with Gasteiger partial charge in [-0.05, 0) is 138 Å². The van der Waals surface area contributed by atoms with Crippen LogP contribution in [0.5, 0.6) is 5.75 Å². The van der Waals surface area contributed by atoms with E-state index in [-0.39, 0.29) is 47.5 Å². The fourth-order valence-corrected chi connectivity index (χ4v) is 8.36. The summed E-state index contributed by atoms with van der Waals surface area (Å²) in [6, 6.07) is 17.0. The molecule has 3 aromatic carbocycles. The molecule has 6 rings (SSSR count). The van der Waals surface area contributed by atoms with Crippen LogP contribution in [0.2, 0.25) is 0 Å². The van der Waals surface area contributed by atoms with Crippen LogP contribution in [0.25, 0.3) is 0 Å². The van der Waals surface area contributed by atoms with Gasteiger partial charge in [0.05, 0.1) is 36.0 Å². The number of hydrogen-bond donors (Lipinski definition) is 3. The summed E-state index contributed by atoms with van der Waals surface area (Å²) in [7, 11) is 0. The molecule has 3 aliphatic heterocycles. The van der Waals surface area contributed by atoms with E-state index in [1.165, 1.54) is 6.07 Å². The molecule has 58 heavy (non-hydrogen) atoms.